The number of nitrogens with one attached hydrogen (secondary N) is 3. The summed E-state index contributed by atoms with van der Waals surface area (Å²) in [6.07, 6.45) is 4.87. The summed E-state index contributed by atoms with van der Waals surface area (Å²) in [5.41, 5.74) is 2.13. The molecule has 3 aromatic rings. The molecule has 138 valence electrons. The standard InChI is InChI=1S/C19H26N6S/c1-3-14-12-22-18(26-14)13-23-19(20-4-2)21-11-7-10-17-24-15-8-5-6-9-16(15)25-17/h5-6,8-9,12H,3-4,7,10-11,13H2,1-2H3,(H,24,25)(H2,20,21,23). The van der Waals surface area contributed by atoms with E-state index in [0.717, 1.165) is 60.2 Å². The number of rotatable bonds is 8. The Hall–Kier alpha value is -2.41. The van der Waals surface area contributed by atoms with E-state index < -0.39 is 0 Å². The second kappa shape index (κ2) is 9.33. The minimum absolute atomic E-state index is 0.615. The van der Waals surface area contributed by atoms with E-state index in [1.54, 1.807) is 11.3 Å². The summed E-state index contributed by atoms with van der Waals surface area (Å²) < 4.78 is 0. The largest absolute Gasteiger partial charge is 0.357 e. The number of aromatic amines is 1. The molecule has 0 fully saturated rings. The highest BCUT2D eigenvalue weighted by Gasteiger charge is 2.04. The molecule has 2 heterocycles. The maximum absolute atomic E-state index is 4.63. The molecule has 0 bridgehead atoms. The number of thiazole rings is 1. The normalized spacial score (nSPS) is 11.8. The number of para-hydroxylation sites is 2. The lowest BCUT2D eigenvalue weighted by Gasteiger charge is -2.10. The van der Waals surface area contributed by atoms with E-state index in [2.05, 4.69) is 50.5 Å². The van der Waals surface area contributed by atoms with Gasteiger partial charge in [-0.1, -0.05) is 19.1 Å². The van der Waals surface area contributed by atoms with Gasteiger partial charge < -0.3 is 15.6 Å². The Labute approximate surface area is 158 Å². The maximum atomic E-state index is 4.63. The SMILES string of the molecule is CCNC(=NCc1ncc(CC)s1)NCCCc1nc2ccccc2[nH]1. The number of aliphatic imine (C=N–C) groups is 1. The Balaban J connectivity index is 1.47. The minimum Gasteiger partial charge on any atom is -0.357 e. The third kappa shape index (κ3) is 5.05. The smallest absolute Gasteiger partial charge is 0.191 e. The molecule has 0 saturated carbocycles. The average Bonchev–Trinajstić information content (AvgIpc) is 3.29. The maximum Gasteiger partial charge on any atom is 0.191 e. The Morgan fingerprint density at radius 1 is 1.23 bits per heavy atom. The van der Waals surface area contributed by atoms with Crippen molar-refractivity contribution < 1.29 is 0 Å². The molecule has 26 heavy (non-hydrogen) atoms. The lowest BCUT2D eigenvalue weighted by Crippen LogP contribution is -2.37. The molecule has 0 radical (unpaired) electrons. The molecule has 0 unspecified atom stereocenters. The molecule has 3 rings (SSSR count). The van der Waals surface area contributed by atoms with Crippen LogP contribution in [0.2, 0.25) is 0 Å². The summed E-state index contributed by atoms with van der Waals surface area (Å²) in [6, 6.07) is 8.13. The number of aromatic nitrogens is 3. The molecule has 3 N–H and O–H groups in total. The molecule has 6 nitrogen and oxygen atoms in total. The number of fused-ring (bicyclic) bond motifs is 1. The van der Waals surface area contributed by atoms with Crippen LogP contribution in [0.1, 0.15) is 36.0 Å². The third-order valence-corrected chi connectivity index (χ3v) is 5.11. The Morgan fingerprint density at radius 2 is 2.12 bits per heavy atom. The van der Waals surface area contributed by atoms with E-state index in [-0.39, 0.29) is 0 Å². The molecule has 0 saturated heterocycles. The zero-order chi connectivity index (χ0) is 18.2. The van der Waals surface area contributed by atoms with E-state index in [9.17, 15) is 0 Å². The Morgan fingerprint density at radius 3 is 2.88 bits per heavy atom. The first-order valence-electron chi connectivity index (χ1n) is 9.18. The summed E-state index contributed by atoms with van der Waals surface area (Å²) in [7, 11) is 0. The van der Waals surface area contributed by atoms with Crippen LogP contribution in [-0.4, -0.2) is 34.0 Å². The summed E-state index contributed by atoms with van der Waals surface area (Å²) in [6.45, 7) is 6.52. The number of hydrogen-bond donors (Lipinski definition) is 3. The number of guanidine groups is 1. The van der Waals surface area contributed by atoms with Gasteiger partial charge in [0.05, 0.1) is 17.6 Å². The molecule has 2 aromatic heterocycles. The van der Waals surface area contributed by atoms with Crippen molar-refractivity contribution in [3.63, 3.8) is 0 Å². The number of hydrogen-bond acceptors (Lipinski definition) is 4. The third-order valence-electron chi connectivity index (χ3n) is 3.99. The second-order valence-corrected chi connectivity index (χ2v) is 7.20. The lowest BCUT2D eigenvalue weighted by molar-refractivity contribution is 0.727. The zero-order valence-corrected chi connectivity index (χ0v) is 16.2. The topological polar surface area (TPSA) is 78.0 Å². The fourth-order valence-electron chi connectivity index (χ4n) is 2.66. The zero-order valence-electron chi connectivity index (χ0n) is 15.4. The van der Waals surface area contributed by atoms with Crippen molar-refractivity contribution in [3.05, 3.63) is 46.2 Å². The van der Waals surface area contributed by atoms with Crippen molar-refractivity contribution >= 4 is 28.3 Å². The van der Waals surface area contributed by atoms with Gasteiger partial charge in [-0.05, 0) is 31.9 Å². The minimum atomic E-state index is 0.615. The molecule has 7 heteroatoms. The molecular formula is C19H26N6S. The van der Waals surface area contributed by atoms with Gasteiger partial charge in [-0.15, -0.1) is 11.3 Å². The molecule has 0 spiro atoms. The van der Waals surface area contributed by atoms with Gasteiger partial charge in [0, 0.05) is 30.6 Å². The van der Waals surface area contributed by atoms with Crippen LogP contribution in [0.4, 0.5) is 0 Å². The van der Waals surface area contributed by atoms with Gasteiger partial charge in [0.15, 0.2) is 5.96 Å². The van der Waals surface area contributed by atoms with Crippen molar-refractivity contribution in [1.29, 1.82) is 0 Å². The van der Waals surface area contributed by atoms with Crippen LogP contribution in [0.3, 0.4) is 0 Å². The van der Waals surface area contributed by atoms with E-state index in [1.165, 1.54) is 4.88 Å². The van der Waals surface area contributed by atoms with E-state index in [1.807, 2.05) is 24.4 Å². The summed E-state index contributed by atoms with van der Waals surface area (Å²) in [4.78, 5) is 18.3. The number of benzene rings is 1. The fourth-order valence-corrected chi connectivity index (χ4v) is 3.45. The highest BCUT2D eigenvalue weighted by molar-refractivity contribution is 7.11. The number of H-pyrrole nitrogens is 1. The number of aryl methyl sites for hydroxylation is 2. The predicted octanol–water partition coefficient (Wildman–Crippen LogP) is 3.27. The van der Waals surface area contributed by atoms with Gasteiger partial charge in [0.1, 0.15) is 10.8 Å². The first-order valence-corrected chi connectivity index (χ1v) is 9.99. The van der Waals surface area contributed by atoms with Crippen LogP contribution in [0.5, 0.6) is 0 Å². The van der Waals surface area contributed by atoms with Gasteiger partial charge in [0.2, 0.25) is 0 Å². The van der Waals surface area contributed by atoms with Crippen LogP contribution in [-0.2, 0) is 19.4 Å². The first-order chi connectivity index (χ1) is 12.8. The van der Waals surface area contributed by atoms with Gasteiger partial charge >= 0.3 is 0 Å². The van der Waals surface area contributed by atoms with Crippen molar-refractivity contribution in [1.82, 2.24) is 25.6 Å². The predicted molar refractivity (Wildman–Crippen MR) is 109 cm³/mol. The van der Waals surface area contributed by atoms with E-state index in [0.29, 0.717) is 6.54 Å². The fraction of sp³-hybridized carbons (Fsp3) is 0.421. The molecular weight excluding hydrogens is 344 g/mol. The number of nitrogens with zero attached hydrogens (tertiary/aromatic N) is 3. The quantitative estimate of drug-likeness (QED) is 0.323. The van der Waals surface area contributed by atoms with Gasteiger partial charge in [-0.25, -0.2) is 15.0 Å². The molecule has 0 atom stereocenters. The van der Waals surface area contributed by atoms with Crippen LogP contribution in [0.15, 0.2) is 35.5 Å². The van der Waals surface area contributed by atoms with Gasteiger partial charge in [-0.2, -0.15) is 0 Å². The highest BCUT2D eigenvalue weighted by atomic mass is 32.1. The summed E-state index contributed by atoms with van der Waals surface area (Å²) in [5, 5.41) is 7.73. The van der Waals surface area contributed by atoms with E-state index in [4.69, 9.17) is 0 Å². The van der Waals surface area contributed by atoms with Gasteiger partial charge in [0.25, 0.3) is 0 Å². The van der Waals surface area contributed by atoms with Crippen LogP contribution < -0.4 is 10.6 Å². The first kappa shape index (κ1) is 18.4. The van der Waals surface area contributed by atoms with Crippen LogP contribution in [0.25, 0.3) is 11.0 Å². The average molecular weight is 371 g/mol. The van der Waals surface area contributed by atoms with Crippen molar-refractivity contribution in [2.24, 2.45) is 4.99 Å². The van der Waals surface area contributed by atoms with Crippen molar-refractivity contribution in [2.75, 3.05) is 13.1 Å². The lowest BCUT2D eigenvalue weighted by atomic mass is 10.3. The second-order valence-electron chi connectivity index (χ2n) is 6.00. The molecule has 0 aliphatic rings. The van der Waals surface area contributed by atoms with Crippen LogP contribution in [0, 0.1) is 0 Å². The summed E-state index contributed by atoms with van der Waals surface area (Å²) >= 11 is 1.73. The monoisotopic (exact) mass is 370 g/mol. The van der Waals surface area contributed by atoms with Gasteiger partial charge in [-0.3, -0.25) is 0 Å². The van der Waals surface area contributed by atoms with Crippen LogP contribution >= 0.6 is 11.3 Å². The molecule has 0 aliphatic carbocycles. The van der Waals surface area contributed by atoms with Crippen molar-refractivity contribution in [3.8, 4) is 0 Å². The Kier molecular flexibility index (Phi) is 6.60. The Bertz CT molecular complexity index is 817. The number of imidazole rings is 1. The van der Waals surface area contributed by atoms with E-state index >= 15 is 0 Å². The summed E-state index contributed by atoms with van der Waals surface area (Å²) in [5.74, 6) is 1.87. The molecule has 0 aliphatic heterocycles. The highest BCUT2D eigenvalue weighted by Crippen LogP contribution is 2.14. The van der Waals surface area contributed by atoms with Crippen molar-refractivity contribution in [2.45, 2.75) is 39.7 Å². The molecule has 1 aromatic carbocycles. The molecule has 0 amide bonds.